The summed E-state index contributed by atoms with van der Waals surface area (Å²) in [5, 5.41) is 7.13. The van der Waals surface area contributed by atoms with Gasteiger partial charge in [0, 0.05) is 52.5 Å². The summed E-state index contributed by atoms with van der Waals surface area (Å²) in [5.74, 6) is 1.67. The molecule has 1 aliphatic heterocycles. The number of nitrogens with one attached hydrogen (secondary N) is 2. The maximum Gasteiger partial charge on any atom is 0.191 e. The molecule has 0 aromatic carbocycles. The molecular weight excluding hydrogens is 352 g/mol. The number of morpholine rings is 1. The standard InChI is InChI=1S/C22H44N4O2/c1-5-19(6-2)20(26-12-15-28-16-13-26)17-24-21(23-7-3)25-18-22(9-8-10-22)11-14-27-4/h19-20H,5-18H2,1-4H3,(H2,23,24,25). The molecule has 0 bridgehead atoms. The highest BCUT2D eigenvalue weighted by molar-refractivity contribution is 5.79. The van der Waals surface area contributed by atoms with Gasteiger partial charge in [0.15, 0.2) is 5.96 Å². The lowest BCUT2D eigenvalue weighted by atomic mass is 9.67. The van der Waals surface area contributed by atoms with Crippen molar-refractivity contribution in [2.45, 2.75) is 65.3 Å². The third-order valence-corrected chi connectivity index (χ3v) is 6.75. The zero-order valence-electron chi connectivity index (χ0n) is 18.8. The molecule has 1 unspecified atom stereocenters. The van der Waals surface area contributed by atoms with Crippen molar-refractivity contribution >= 4 is 5.96 Å². The zero-order valence-corrected chi connectivity index (χ0v) is 18.8. The first kappa shape index (κ1) is 23.4. The quantitative estimate of drug-likeness (QED) is 0.392. The summed E-state index contributed by atoms with van der Waals surface area (Å²) >= 11 is 0. The Morgan fingerprint density at radius 2 is 1.86 bits per heavy atom. The molecule has 1 saturated carbocycles. The molecule has 2 N–H and O–H groups in total. The molecule has 2 rings (SSSR count). The van der Waals surface area contributed by atoms with Gasteiger partial charge in [-0.25, -0.2) is 0 Å². The molecule has 0 aromatic heterocycles. The molecule has 0 spiro atoms. The minimum absolute atomic E-state index is 0.358. The molecule has 1 saturated heterocycles. The van der Waals surface area contributed by atoms with Gasteiger partial charge in [-0.3, -0.25) is 9.89 Å². The maximum absolute atomic E-state index is 5.58. The molecule has 1 heterocycles. The lowest BCUT2D eigenvalue weighted by Gasteiger charge is -2.41. The number of nitrogens with zero attached hydrogens (tertiary/aromatic N) is 2. The van der Waals surface area contributed by atoms with Crippen LogP contribution in [-0.4, -0.2) is 76.6 Å². The van der Waals surface area contributed by atoms with Gasteiger partial charge in [0.1, 0.15) is 0 Å². The highest BCUT2D eigenvalue weighted by Crippen LogP contribution is 2.44. The lowest BCUT2D eigenvalue weighted by molar-refractivity contribution is 0.00271. The lowest BCUT2D eigenvalue weighted by Crippen LogP contribution is -2.53. The van der Waals surface area contributed by atoms with Gasteiger partial charge in [0.2, 0.25) is 0 Å². The van der Waals surface area contributed by atoms with E-state index in [1.165, 1.54) is 32.1 Å². The van der Waals surface area contributed by atoms with Gasteiger partial charge < -0.3 is 20.1 Å². The maximum atomic E-state index is 5.58. The number of aliphatic imine (C=N–C) groups is 1. The number of hydrogen-bond donors (Lipinski definition) is 2. The van der Waals surface area contributed by atoms with E-state index < -0.39 is 0 Å². The predicted octanol–water partition coefficient (Wildman–Crippen LogP) is 2.89. The first-order valence-electron chi connectivity index (χ1n) is 11.5. The monoisotopic (exact) mass is 396 g/mol. The van der Waals surface area contributed by atoms with Gasteiger partial charge in [0.05, 0.1) is 13.2 Å². The van der Waals surface area contributed by atoms with Gasteiger partial charge in [-0.05, 0) is 37.5 Å². The summed E-state index contributed by atoms with van der Waals surface area (Å²) in [6, 6.07) is 0.536. The number of ether oxygens (including phenoxy) is 2. The third-order valence-electron chi connectivity index (χ3n) is 6.75. The minimum atomic E-state index is 0.358. The van der Waals surface area contributed by atoms with E-state index in [9.17, 15) is 0 Å². The molecule has 2 aliphatic rings. The Bertz CT molecular complexity index is 444. The highest BCUT2D eigenvalue weighted by Gasteiger charge is 2.36. The van der Waals surface area contributed by atoms with Crippen LogP contribution in [0.3, 0.4) is 0 Å². The molecule has 6 heteroatoms. The largest absolute Gasteiger partial charge is 0.385 e. The van der Waals surface area contributed by atoms with Crippen molar-refractivity contribution in [2.24, 2.45) is 16.3 Å². The molecule has 1 atom stereocenters. The molecule has 1 aliphatic carbocycles. The Morgan fingerprint density at radius 3 is 2.39 bits per heavy atom. The Kier molecular flexibility index (Phi) is 10.6. The predicted molar refractivity (Wildman–Crippen MR) is 117 cm³/mol. The topological polar surface area (TPSA) is 58.1 Å². The summed E-state index contributed by atoms with van der Waals surface area (Å²) in [4.78, 5) is 7.60. The van der Waals surface area contributed by atoms with E-state index in [4.69, 9.17) is 14.5 Å². The first-order valence-corrected chi connectivity index (χ1v) is 11.5. The minimum Gasteiger partial charge on any atom is -0.385 e. The van der Waals surface area contributed by atoms with Crippen molar-refractivity contribution in [3.63, 3.8) is 0 Å². The van der Waals surface area contributed by atoms with Crippen LogP contribution in [0.1, 0.15) is 59.3 Å². The van der Waals surface area contributed by atoms with Crippen molar-refractivity contribution in [2.75, 3.05) is 59.7 Å². The van der Waals surface area contributed by atoms with E-state index in [-0.39, 0.29) is 0 Å². The van der Waals surface area contributed by atoms with Gasteiger partial charge in [0.25, 0.3) is 0 Å². The first-order chi connectivity index (χ1) is 13.7. The number of hydrogen-bond acceptors (Lipinski definition) is 4. The molecule has 6 nitrogen and oxygen atoms in total. The fourth-order valence-electron chi connectivity index (χ4n) is 4.61. The summed E-state index contributed by atoms with van der Waals surface area (Å²) in [6.45, 7) is 14.1. The molecule has 2 fully saturated rings. The van der Waals surface area contributed by atoms with E-state index in [1.54, 1.807) is 7.11 Å². The summed E-state index contributed by atoms with van der Waals surface area (Å²) < 4.78 is 10.9. The van der Waals surface area contributed by atoms with Crippen LogP contribution in [-0.2, 0) is 9.47 Å². The summed E-state index contributed by atoms with van der Waals surface area (Å²) in [6.07, 6.45) is 7.45. The van der Waals surface area contributed by atoms with Crippen LogP contribution in [0.4, 0.5) is 0 Å². The zero-order chi connectivity index (χ0) is 20.2. The normalized spacial score (nSPS) is 21.4. The van der Waals surface area contributed by atoms with Crippen LogP contribution in [0.15, 0.2) is 4.99 Å². The van der Waals surface area contributed by atoms with Crippen molar-refractivity contribution in [1.82, 2.24) is 15.5 Å². The van der Waals surface area contributed by atoms with Crippen LogP contribution in [0.2, 0.25) is 0 Å². The van der Waals surface area contributed by atoms with Crippen molar-refractivity contribution in [3.8, 4) is 0 Å². The van der Waals surface area contributed by atoms with Gasteiger partial charge >= 0.3 is 0 Å². The van der Waals surface area contributed by atoms with Crippen molar-refractivity contribution < 1.29 is 9.47 Å². The molecule has 28 heavy (non-hydrogen) atoms. The van der Waals surface area contributed by atoms with Gasteiger partial charge in [-0.1, -0.05) is 33.1 Å². The second-order valence-electron chi connectivity index (χ2n) is 8.46. The fraction of sp³-hybridized carbons (Fsp3) is 0.955. The second-order valence-corrected chi connectivity index (χ2v) is 8.46. The van der Waals surface area contributed by atoms with Crippen LogP contribution >= 0.6 is 0 Å². The summed E-state index contributed by atoms with van der Waals surface area (Å²) in [5.41, 5.74) is 0.358. The third kappa shape index (κ3) is 6.89. The van der Waals surface area contributed by atoms with E-state index >= 15 is 0 Å². The van der Waals surface area contributed by atoms with Gasteiger partial charge in [-0.2, -0.15) is 0 Å². The van der Waals surface area contributed by atoms with Gasteiger partial charge in [-0.15, -0.1) is 0 Å². The molecule has 164 valence electrons. The smallest absolute Gasteiger partial charge is 0.191 e. The van der Waals surface area contributed by atoms with Crippen LogP contribution in [0.5, 0.6) is 0 Å². The average molecular weight is 397 g/mol. The average Bonchev–Trinajstić information content (AvgIpc) is 2.70. The molecular formula is C22H44N4O2. The van der Waals surface area contributed by atoms with Crippen molar-refractivity contribution in [1.29, 1.82) is 0 Å². The number of guanidine groups is 1. The van der Waals surface area contributed by atoms with E-state index in [1.807, 2.05) is 0 Å². The molecule has 0 radical (unpaired) electrons. The van der Waals surface area contributed by atoms with Crippen LogP contribution < -0.4 is 10.6 Å². The number of methoxy groups -OCH3 is 1. The Hall–Kier alpha value is -0.850. The van der Waals surface area contributed by atoms with Crippen molar-refractivity contribution in [3.05, 3.63) is 0 Å². The van der Waals surface area contributed by atoms with E-state index in [0.29, 0.717) is 17.4 Å². The van der Waals surface area contributed by atoms with E-state index in [0.717, 1.165) is 64.9 Å². The Labute approximate surface area is 172 Å². The Balaban J connectivity index is 1.97. The second kappa shape index (κ2) is 12.7. The molecule has 0 amide bonds. The summed E-state index contributed by atoms with van der Waals surface area (Å²) in [7, 11) is 1.80. The SMILES string of the molecule is CCNC(=NCC1(CCOC)CCC1)NCC(C(CC)CC)N1CCOCC1. The highest BCUT2D eigenvalue weighted by atomic mass is 16.5. The van der Waals surface area contributed by atoms with Crippen LogP contribution in [0.25, 0.3) is 0 Å². The Morgan fingerprint density at radius 1 is 1.14 bits per heavy atom. The number of rotatable bonds is 12. The fourth-order valence-corrected chi connectivity index (χ4v) is 4.61. The van der Waals surface area contributed by atoms with Crippen LogP contribution in [0, 0.1) is 11.3 Å². The van der Waals surface area contributed by atoms with E-state index in [2.05, 4.69) is 36.3 Å². The molecule has 0 aromatic rings.